The van der Waals surface area contributed by atoms with Gasteiger partial charge in [0.15, 0.2) is 0 Å². The first-order valence-electron chi connectivity index (χ1n) is 5.14. The van der Waals surface area contributed by atoms with E-state index in [0.717, 1.165) is 5.56 Å². The number of aliphatic carboxylic acids is 1. The molecule has 17 heavy (non-hydrogen) atoms. The summed E-state index contributed by atoms with van der Waals surface area (Å²) in [7, 11) is 1.30. The fourth-order valence-electron chi connectivity index (χ4n) is 1.32. The maximum Gasteiger partial charge on any atom is 0.337 e. The molecule has 0 heterocycles. The molecule has 0 saturated heterocycles. The van der Waals surface area contributed by atoms with Gasteiger partial charge in [-0.1, -0.05) is 6.07 Å². The minimum atomic E-state index is -0.951. The van der Waals surface area contributed by atoms with Gasteiger partial charge in [0.25, 0.3) is 0 Å². The van der Waals surface area contributed by atoms with Crippen molar-refractivity contribution >= 4 is 17.6 Å². The van der Waals surface area contributed by atoms with E-state index in [0.29, 0.717) is 11.3 Å². The van der Waals surface area contributed by atoms with E-state index in [4.69, 9.17) is 5.11 Å². The lowest BCUT2D eigenvalue weighted by Crippen LogP contribution is -2.25. The molecule has 2 N–H and O–H groups in total. The number of carboxylic acids is 1. The molecule has 0 saturated carbocycles. The molecule has 0 aliphatic carbocycles. The lowest BCUT2D eigenvalue weighted by Gasteiger charge is -2.14. The van der Waals surface area contributed by atoms with Crippen LogP contribution in [0, 0.1) is 6.92 Å². The number of hydrogen-bond donors (Lipinski definition) is 2. The van der Waals surface area contributed by atoms with Gasteiger partial charge in [0.1, 0.15) is 6.04 Å². The van der Waals surface area contributed by atoms with Crippen LogP contribution in [0.3, 0.4) is 0 Å². The number of ether oxygens (including phenoxy) is 1. The number of hydrogen-bond acceptors (Lipinski definition) is 4. The molecule has 1 aromatic rings. The summed E-state index contributed by atoms with van der Waals surface area (Å²) in [5.41, 5.74) is 1.87. The lowest BCUT2D eigenvalue weighted by molar-refractivity contribution is -0.137. The van der Waals surface area contributed by atoms with E-state index in [1.54, 1.807) is 18.2 Å². The first kappa shape index (κ1) is 13.0. The highest BCUT2D eigenvalue weighted by Gasteiger charge is 2.13. The maximum atomic E-state index is 11.3. The molecule has 5 nitrogen and oxygen atoms in total. The van der Waals surface area contributed by atoms with E-state index in [-0.39, 0.29) is 0 Å². The second-order valence-corrected chi connectivity index (χ2v) is 3.73. The molecule has 1 atom stereocenters. The Labute approximate surface area is 99.4 Å². The van der Waals surface area contributed by atoms with Gasteiger partial charge in [0.2, 0.25) is 0 Å². The molecule has 0 spiro atoms. The number of anilines is 1. The topological polar surface area (TPSA) is 75.6 Å². The highest BCUT2D eigenvalue weighted by Crippen LogP contribution is 2.18. The van der Waals surface area contributed by atoms with E-state index >= 15 is 0 Å². The molecule has 0 fully saturated rings. The summed E-state index contributed by atoms with van der Waals surface area (Å²) >= 11 is 0. The lowest BCUT2D eigenvalue weighted by atomic mass is 10.1. The van der Waals surface area contributed by atoms with Crippen LogP contribution in [-0.4, -0.2) is 30.2 Å². The Bertz CT molecular complexity index is 442. The van der Waals surface area contributed by atoms with Crippen LogP contribution in [0.2, 0.25) is 0 Å². The number of rotatable bonds is 4. The molecule has 1 aromatic carbocycles. The van der Waals surface area contributed by atoms with Crippen LogP contribution < -0.4 is 5.32 Å². The molecule has 0 bridgehead atoms. The third-order valence-corrected chi connectivity index (χ3v) is 2.40. The summed E-state index contributed by atoms with van der Waals surface area (Å²) in [5, 5.41) is 11.6. The Hall–Kier alpha value is -2.04. The van der Waals surface area contributed by atoms with Gasteiger partial charge in [-0.05, 0) is 31.5 Å². The van der Waals surface area contributed by atoms with Gasteiger partial charge in [-0.2, -0.15) is 0 Å². The number of carboxylic acid groups (broad SMARTS) is 1. The van der Waals surface area contributed by atoms with Crippen molar-refractivity contribution < 1.29 is 19.4 Å². The second-order valence-electron chi connectivity index (χ2n) is 3.73. The summed E-state index contributed by atoms with van der Waals surface area (Å²) in [6.45, 7) is 3.37. The van der Waals surface area contributed by atoms with Crippen LogP contribution in [-0.2, 0) is 9.53 Å². The van der Waals surface area contributed by atoms with Crippen molar-refractivity contribution in [3.63, 3.8) is 0 Å². The monoisotopic (exact) mass is 237 g/mol. The number of carbonyl (C=O) groups is 2. The average Bonchev–Trinajstić information content (AvgIpc) is 2.30. The number of esters is 1. The highest BCUT2D eigenvalue weighted by atomic mass is 16.5. The average molecular weight is 237 g/mol. The van der Waals surface area contributed by atoms with E-state index in [1.807, 2.05) is 6.92 Å². The van der Waals surface area contributed by atoms with Crippen LogP contribution in [0.4, 0.5) is 5.69 Å². The van der Waals surface area contributed by atoms with Crippen molar-refractivity contribution in [2.24, 2.45) is 0 Å². The SMILES string of the molecule is COC(=O)c1ccc(C)c(NC(C)C(=O)O)c1. The van der Waals surface area contributed by atoms with Crippen LogP contribution in [0.5, 0.6) is 0 Å². The summed E-state index contributed by atoms with van der Waals surface area (Å²) in [5.74, 6) is -1.40. The Kier molecular flexibility index (Phi) is 4.09. The quantitative estimate of drug-likeness (QED) is 0.779. The molecular formula is C12H15NO4. The van der Waals surface area contributed by atoms with Gasteiger partial charge in [-0.25, -0.2) is 4.79 Å². The molecule has 0 aliphatic rings. The van der Waals surface area contributed by atoms with Crippen LogP contribution in [0.25, 0.3) is 0 Å². The van der Waals surface area contributed by atoms with Crippen molar-refractivity contribution in [3.05, 3.63) is 29.3 Å². The largest absolute Gasteiger partial charge is 0.480 e. The molecule has 0 aliphatic heterocycles. The normalized spacial score (nSPS) is 11.7. The third kappa shape index (κ3) is 3.21. The van der Waals surface area contributed by atoms with Gasteiger partial charge in [-0.3, -0.25) is 4.79 Å². The standard InChI is InChI=1S/C12H15NO4/c1-7-4-5-9(12(16)17-3)6-10(7)13-8(2)11(14)15/h4-6,8,13H,1-3H3,(H,14,15). The summed E-state index contributed by atoms with van der Waals surface area (Å²) < 4.78 is 4.60. The number of nitrogens with one attached hydrogen (secondary N) is 1. The van der Waals surface area contributed by atoms with Gasteiger partial charge in [0.05, 0.1) is 12.7 Å². The van der Waals surface area contributed by atoms with Crippen LogP contribution >= 0.6 is 0 Å². The fraction of sp³-hybridized carbons (Fsp3) is 0.333. The number of methoxy groups -OCH3 is 1. The third-order valence-electron chi connectivity index (χ3n) is 2.40. The maximum absolute atomic E-state index is 11.3. The minimum absolute atomic E-state index is 0.387. The van der Waals surface area contributed by atoms with Gasteiger partial charge in [-0.15, -0.1) is 0 Å². The number of aryl methyl sites for hydroxylation is 1. The zero-order chi connectivity index (χ0) is 13.0. The Balaban J connectivity index is 2.98. The Morgan fingerprint density at radius 1 is 1.41 bits per heavy atom. The smallest absolute Gasteiger partial charge is 0.337 e. The molecule has 1 unspecified atom stereocenters. The minimum Gasteiger partial charge on any atom is -0.480 e. The predicted octanol–water partition coefficient (Wildman–Crippen LogP) is 1.67. The molecular weight excluding hydrogens is 222 g/mol. The Morgan fingerprint density at radius 3 is 2.59 bits per heavy atom. The van der Waals surface area contributed by atoms with Gasteiger partial charge < -0.3 is 15.2 Å². The predicted molar refractivity (Wildman–Crippen MR) is 63.2 cm³/mol. The first-order chi connectivity index (χ1) is 7.95. The van der Waals surface area contributed by atoms with Gasteiger partial charge in [0, 0.05) is 5.69 Å². The zero-order valence-electron chi connectivity index (χ0n) is 9.98. The van der Waals surface area contributed by atoms with E-state index < -0.39 is 18.0 Å². The fourth-order valence-corrected chi connectivity index (χ4v) is 1.32. The summed E-state index contributed by atoms with van der Waals surface area (Å²) in [6.07, 6.45) is 0. The number of carbonyl (C=O) groups excluding carboxylic acids is 1. The van der Waals surface area contributed by atoms with E-state index in [1.165, 1.54) is 14.0 Å². The summed E-state index contributed by atoms with van der Waals surface area (Å²) in [4.78, 5) is 22.1. The van der Waals surface area contributed by atoms with Crippen molar-refractivity contribution in [3.8, 4) is 0 Å². The highest BCUT2D eigenvalue weighted by molar-refractivity contribution is 5.91. The van der Waals surface area contributed by atoms with Crippen molar-refractivity contribution in [2.45, 2.75) is 19.9 Å². The van der Waals surface area contributed by atoms with Gasteiger partial charge >= 0.3 is 11.9 Å². The Morgan fingerprint density at radius 2 is 2.06 bits per heavy atom. The van der Waals surface area contributed by atoms with Crippen molar-refractivity contribution in [1.82, 2.24) is 0 Å². The first-order valence-corrected chi connectivity index (χ1v) is 5.14. The second kappa shape index (κ2) is 5.34. The van der Waals surface area contributed by atoms with Crippen LogP contribution in [0.15, 0.2) is 18.2 Å². The number of benzene rings is 1. The molecule has 0 aromatic heterocycles. The molecule has 0 radical (unpaired) electrons. The molecule has 92 valence electrons. The van der Waals surface area contributed by atoms with E-state index in [2.05, 4.69) is 10.1 Å². The molecule has 0 amide bonds. The van der Waals surface area contributed by atoms with Crippen molar-refractivity contribution in [2.75, 3.05) is 12.4 Å². The van der Waals surface area contributed by atoms with Crippen molar-refractivity contribution in [1.29, 1.82) is 0 Å². The molecule has 5 heteroatoms. The zero-order valence-corrected chi connectivity index (χ0v) is 9.98. The summed E-state index contributed by atoms with van der Waals surface area (Å²) in [6, 6.07) is 4.24. The molecule has 1 rings (SSSR count). The van der Waals surface area contributed by atoms with Crippen LogP contribution in [0.1, 0.15) is 22.8 Å². The van der Waals surface area contributed by atoms with E-state index in [9.17, 15) is 9.59 Å².